The van der Waals surface area contributed by atoms with E-state index in [9.17, 15) is 5.26 Å². The van der Waals surface area contributed by atoms with Crippen LogP contribution in [0.4, 0.5) is 0 Å². The Hall–Kier alpha value is -3.45. The van der Waals surface area contributed by atoms with Gasteiger partial charge in [0.2, 0.25) is 0 Å². The van der Waals surface area contributed by atoms with E-state index in [1.165, 1.54) is 47.2 Å². The summed E-state index contributed by atoms with van der Waals surface area (Å²) in [5, 5.41) is 10.3. The van der Waals surface area contributed by atoms with Gasteiger partial charge < -0.3 is 4.90 Å². The fourth-order valence-electron chi connectivity index (χ4n) is 5.57. The standard InChI is InChI=1S/C32H36N4.C2H6/c1-3-4-8-29(24(2)30-15-18-34-23-35-30)31(28-6-5-7-28)36-19-16-32(22-33,17-20-36)21-25-9-11-26(12-10-25)27-13-14-27;1-2/h3-4,8-12,15,18,23,27H,1,5-7,13-14,16-17,19-21H2,2H3;1-2H3/b8-4-,29-24-;. The molecule has 5 rings (SSSR count). The smallest absolute Gasteiger partial charge is 0.116 e. The molecule has 0 spiro atoms. The Balaban J connectivity index is 0.00000164. The van der Waals surface area contributed by atoms with E-state index < -0.39 is 0 Å². The number of nitrogens with zero attached hydrogens (tertiary/aromatic N) is 4. The number of rotatable bonds is 8. The number of nitriles is 1. The van der Waals surface area contributed by atoms with Crippen molar-refractivity contribution in [2.75, 3.05) is 13.1 Å². The third-order valence-electron chi connectivity index (χ3n) is 8.16. The first-order chi connectivity index (χ1) is 18.6. The SMILES string of the molecule is C=C/C=C\C(C(=C1CCC1)N1CCC(C#N)(Cc2ccc(C3CC3)cc2)CC1)=C(/C)c1ccncn1.CC. The quantitative estimate of drug-likeness (QED) is 0.339. The summed E-state index contributed by atoms with van der Waals surface area (Å²) in [4.78, 5) is 11.2. The molecule has 2 aromatic rings. The van der Waals surface area contributed by atoms with Gasteiger partial charge in [0, 0.05) is 30.6 Å². The van der Waals surface area contributed by atoms with Gasteiger partial charge in [0.25, 0.3) is 0 Å². The highest BCUT2D eigenvalue weighted by Gasteiger charge is 2.37. The Labute approximate surface area is 229 Å². The van der Waals surface area contributed by atoms with Gasteiger partial charge >= 0.3 is 0 Å². The molecule has 0 bridgehead atoms. The zero-order valence-electron chi connectivity index (χ0n) is 23.4. The van der Waals surface area contributed by atoms with Gasteiger partial charge in [-0.25, -0.2) is 9.97 Å². The number of aromatic nitrogens is 2. The van der Waals surface area contributed by atoms with Gasteiger partial charge in [-0.2, -0.15) is 5.26 Å². The van der Waals surface area contributed by atoms with Gasteiger partial charge in [0.05, 0.1) is 17.2 Å². The molecule has 4 nitrogen and oxygen atoms in total. The Morgan fingerprint density at radius 2 is 1.84 bits per heavy atom. The minimum atomic E-state index is -0.296. The summed E-state index contributed by atoms with van der Waals surface area (Å²) < 4.78 is 0. The van der Waals surface area contributed by atoms with Crippen molar-refractivity contribution in [2.45, 2.75) is 78.1 Å². The second kappa shape index (κ2) is 12.9. The predicted molar refractivity (Wildman–Crippen MR) is 157 cm³/mol. The maximum absolute atomic E-state index is 10.3. The lowest BCUT2D eigenvalue weighted by molar-refractivity contribution is 0.176. The van der Waals surface area contributed by atoms with E-state index in [2.05, 4.69) is 64.8 Å². The van der Waals surface area contributed by atoms with Crippen molar-refractivity contribution in [2.24, 2.45) is 5.41 Å². The van der Waals surface area contributed by atoms with E-state index in [4.69, 9.17) is 0 Å². The third-order valence-corrected chi connectivity index (χ3v) is 8.16. The van der Waals surface area contributed by atoms with E-state index in [-0.39, 0.29) is 5.41 Å². The number of likely N-dealkylation sites (tertiary alicyclic amines) is 1. The molecule has 0 unspecified atom stereocenters. The van der Waals surface area contributed by atoms with Crippen LogP contribution in [0.1, 0.15) is 88.5 Å². The second-order valence-corrected chi connectivity index (χ2v) is 10.6. The lowest BCUT2D eigenvalue weighted by Crippen LogP contribution is -2.41. The van der Waals surface area contributed by atoms with Gasteiger partial charge in [-0.1, -0.05) is 62.9 Å². The van der Waals surface area contributed by atoms with Crippen molar-refractivity contribution < 1.29 is 0 Å². The van der Waals surface area contributed by atoms with Gasteiger partial charge in [-0.15, -0.1) is 0 Å². The average Bonchev–Trinajstić information content (AvgIpc) is 3.80. The van der Waals surface area contributed by atoms with Crippen LogP contribution in [0.2, 0.25) is 0 Å². The maximum Gasteiger partial charge on any atom is 0.116 e. The van der Waals surface area contributed by atoms with Gasteiger partial charge in [-0.3, -0.25) is 0 Å². The highest BCUT2D eigenvalue weighted by atomic mass is 15.1. The number of hydrogen-bond acceptors (Lipinski definition) is 4. The lowest BCUT2D eigenvalue weighted by Gasteiger charge is -2.42. The number of piperidine rings is 1. The van der Waals surface area contributed by atoms with Crippen LogP contribution in [0, 0.1) is 16.7 Å². The van der Waals surface area contributed by atoms with E-state index in [1.54, 1.807) is 12.5 Å². The van der Waals surface area contributed by atoms with Crippen LogP contribution in [0.25, 0.3) is 5.57 Å². The summed E-state index contributed by atoms with van der Waals surface area (Å²) in [7, 11) is 0. The summed E-state index contributed by atoms with van der Waals surface area (Å²) in [6.45, 7) is 11.9. The summed E-state index contributed by atoms with van der Waals surface area (Å²) in [5.41, 5.74) is 8.63. The highest BCUT2D eigenvalue weighted by Crippen LogP contribution is 2.43. The average molecular weight is 507 g/mol. The predicted octanol–water partition coefficient (Wildman–Crippen LogP) is 8.18. The molecule has 1 aromatic carbocycles. The molecular formula is C34H42N4. The zero-order valence-corrected chi connectivity index (χ0v) is 23.4. The van der Waals surface area contributed by atoms with Crippen molar-refractivity contribution in [1.82, 2.24) is 14.9 Å². The first kappa shape index (κ1) is 27.6. The van der Waals surface area contributed by atoms with Crippen molar-refractivity contribution in [3.63, 3.8) is 0 Å². The molecule has 4 heteroatoms. The highest BCUT2D eigenvalue weighted by molar-refractivity contribution is 5.72. The Morgan fingerprint density at radius 3 is 2.37 bits per heavy atom. The topological polar surface area (TPSA) is 52.8 Å². The van der Waals surface area contributed by atoms with E-state index in [0.29, 0.717) is 0 Å². The van der Waals surface area contributed by atoms with Crippen LogP contribution in [0.15, 0.2) is 84.5 Å². The molecule has 1 aromatic heterocycles. The summed E-state index contributed by atoms with van der Waals surface area (Å²) in [6, 6.07) is 13.8. The van der Waals surface area contributed by atoms with Gasteiger partial charge in [0.1, 0.15) is 6.33 Å². The first-order valence-electron chi connectivity index (χ1n) is 14.4. The van der Waals surface area contributed by atoms with Gasteiger partial charge in [-0.05, 0) is 92.5 Å². The molecule has 3 aliphatic rings. The van der Waals surface area contributed by atoms with E-state index in [0.717, 1.165) is 62.4 Å². The van der Waals surface area contributed by atoms with Crippen LogP contribution in [0.3, 0.4) is 0 Å². The zero-order chi connectivity index (χ0) is 27.0. The van der Waals surface area contributed by atoms with Crippen molar-refractivity contribution >= 4 is 5.57 Å². The molecule has 2 aliphatic carbocycles. The first-order valence-corrected chi connectivity index (χ1v) is 14.4. The molecular weight excluding hydrogens is 464 g/mol. The molecule has 2 heterocycles. The fraction of sp³-hybridized carbons (Fsp3) is 0.441. The number of allylic oxidation sites excluding steroid dienone is 5. The van der Waals surface area contributed by atoms with Crippen LogP contribution in [0.5, 0.6) is 0 Å². The van der Waals surface area contributed by atoms with Crippen LogP contribution < -0.4 is 0 Å². The monoisotopic (exact) mass is 506 g/mol. The summed E-state index contributed by atoms with van der Waals surface area (Å²) in [5.74, 6) is 0.772. The number of benzene rings is 1. The maximum atomic E-state index is 10.3. The minimum absolute atomic E-state index is 0.296. The molecule has 38 heavy (non-hydrogen) atoms. The molecule has 0 N–H and O–H groups in total. The number of hydrogen-bond donors (Lipinski definition) is 0. The van der Waals surface area contributed by atoms with E-state index in [1.807, 2.05) is 32.1 Å². The van der Waals surface area contributed by atoms with Crippen LogP contribution in [-0.2, 0) is 6.42 Å². The van der Waals surface area contributed by atoms with E-state index >= 15 is 0 Å². The molecule has 1 aliphatic heterocycles. The summed E-state index contributed by atoms with van der Waals surface area (Å²) >= 11 is 0. The lowest BCUT2D eigenvalue weighted by atomic mass is 9.74. The molecule has 0 radical (unpaired) electrons. The third kappa shape index (κ3) is 6.33. The molecule has 0 atom stereocenters. The van der Waals surface area contributed by atoms with Crippen molar-refractivity contribution in [3.8, 4) is 6.07 Å². The van der Waals surface area contributed by atoms with Crippen LogP contribution in [-0.4, -0.2) is 28.0 Å². The second-order valence-electron chi connectivity index (χ2n) is 10.6. The molecule has 198 valence electrons. The minimum Gasteiger partial charge on any atom is -0.371 e. The van der Waals surface area contributed by atoms with Gasteiger partial charge in [0.15, 0.2) is 0 Å². The molecule has 2 saturated carbocycles. The molecule has 3 fully saturated rings. The van der Waals surface area contributed by atoms with Crippen molar-refractivity contribution in [3.05, 3.63) is 101 Å². The Bertz CT molecular complexity index is 1210. The normalized spacial score (nSPS) is 19.0. The van der Waals surface area contributed by atoms with Crippen molar-refractivity contribution in [1.29, 1.82) is 5.26 Å². The molecule has 0 amide bonds. The fourth-order valence-corrected chi connectivity index (χ4v) is 5.57. The van der Waals surface area contributed by atoms with Crippen LogP contribution >= 0.6 is 0 Å². The Kier molecular flexibility index (Phi) is 9.34. The Morgan fingerprint density at radius 1 is 1.13 bits per heavy atom. The molecule has 1 saturated heterocycles. The summed E-state index contributed by atoms with van der Waals surface area (Å²) in [6.07, 6.45) is 18.2. The largest absolute Gasteiger partial charge is 0.371 e.